The summed E-state index contributed by atoms with van der Waals surface area (Å²) in [6, 6.07) is 5.48. The predicted octanol–water partition coefficient (Wildman–Crippen LogP) is 3.40. The van der Waals surface area contributed by atoms with Crippen molar-refractivity contribution < 1.29 is 14.1 Å². The van der Waals surface area contributed by atoms with Gasteiger partial charge in [-0.2, -0.15) is 4.98 Å². The van der Waals surface area contributed by atoms with Crippen molar-refractivity contribution in [2.45, 2.75) is 25.9 Å². The number of aromatic amines is 1. The highest BCUT2D eigenvalue weighted by atomic mass is 79.9. The van der Waals surface area contributed by atoms with Gasteiger partial charge in [0.15, 0.2) is 11.8 Å². The zero-order chi connectivity index (χ0) is 19.5. The number of hydrogen-bond donors (Lipinski definition) is 1. The summed E-state index contributed by atoms with van der Waals surface area (Å²) in [5.74, 6) is 0.945. The van der Waals surface area contributed by atoms with Crippen molar-refractivity contribution in [3.05, 3.63) is 53.0 Å². The smallest absolute Gasteiger partial charge is 0.307 e. The van der Waals surface area contributed by atoms with Crippen LogP contribution in [0.4, 0.5) is 0 Å². The van der Waals surface area contributed by atoms with Gasteiger partial charge in [0.2, 0.25) is 11.7 Å². The Balaban J connectivity index is 1.34. The van der Waals surface area contributed by atoms with Crippen LogP contribution in [-0.4, -0.2) is 36.0 Å². The monoisotopic (exact) mass is 442 g/mol. The summed E-state index contributed by atoms with van der Waals surface area (Å²) in [4.78, 5) is 32.1. The van der Waals surface area contributed by atoms with Crippen molar-refractivity contribution in [3.63, 3.8) is 0 Å². The van der Waals surface area contributed by atoms with Crippen molar-refractivity contribution in [2.24, 2.45) is 0 Å². The molecule has 4 aromatic heterocycles. The number of aryl methyl sites for hydroxylation is 1. The fraction of sp³-hybridized carbons (Fsp3) is 0.222. The van der Waals surface area contributed by atoms with Crippen LogP contribution in [0, 0.1) is 0 Å². The van der Waals surface area contributed by atoms with E-state index in [0.29, 0.717) is 23.2 Å². The third-order valence-electron chi connectivity index (χ3n) is 3.95. The summed E-state index contributed by atoms with van der Waals surface area (Å²) in [5.41, 5.74) is 2.08. The number of nitrogens with zero attached hydrogens (tertiary/aromatic N) is 5. The number of fused-ring (bicyclic) bond motifs is 1. The molecule has 0 aliphatic rings. The van der Waals surface area contributed by atoms with Gasteiger partial charge >= 0.3 is 5.97 Å². The Kier molecular flexibility index (Phi) is 5.11. The van der Waals surface area contributed by atoms with Gasteiger partial charge in [0.25, 0.3) is 0 Å². The number of esters is 1. The first-order chi connectivity index (χ1) is 13.6. The van der Waals surface area contributed by atoms with Crippen molar-refractivity contribution in [1.29, 1.82) is 0 Å². The highest BCUT2D eigenvalue weighted by Gasteiger charge is 2.17. The highest BCUT2D eigenvalue weighted by Crippen LogP contribution is 2.21. The summed E-state index contributed by atoms with van der Waals surface area (Å²) in [6.45, 7) is 1.75. The van der Waals surface area contributed by atoms with Crippen LogP contribution in [0.3, 0.4) is 0 Å². The number of rotatable bonds is 6. The molecule has 0 radical (unpaired) electrons. The minimum Gasteiger partial charge on any atom is -0.454 e. The fourth-order valence-electron chi connectivity index (χ4n) is 2.58. The molecule has 0 fully saturated rings. The molecule has 9 nitrogen and oxygen atoms in total. The van der Waals surface area contributed by atoms with E-state index in [-0.39, 0.29) is 18.8 Å². The summed E-state index contributed by atoms with van der Waals surface area (Å²) >= 11 is 3.36. The summed E-state index contributed by atoms with van der Waals surface area (Å²) in [5, 5.41) is 3.90. The van der Waals surface area contributed by atoms with Crippen LogP contribution in [-0.2, 0) is 16.0 Å². The number of carbonyl (C=O) groups is 1. The lowest BCUT2D eigenvalue weighted by Crippen LogP contribution is -2.11. The number of hydrogen-bond acceptors (Lipinski definition) is 8. The van der Waals surface area contributed by atoms with E-state index in [2.05, 4.69) is 46.0 Å². The molecule has 10 heteroatoms. The lowest BCUT2D eigenvalue weighted by Gasteiger charge is -2.09. The van der Waals surface area contributed by atoms with Crippen molar-refractivity contribution >= 4 is 33.1 Å². The molecule has 0 saturated carbocycles. The molecule has 0 amide bonds. The number of carbonyl (C=O) groups excluding carboxylic acids is 1. The molecular weight excluding hydrogens is 428 g/mol. The normalized spacial score (nSPS) is 12.2. The van der Waals surface area contributed by atoms with Crippen LogP contribution in [0.15, 0.2) is 45.8 Å². The van der Waals surface area contributed by atoms with E-state index in [4.69, 9.17) is 9.26 Å². The SMILES string of the molecule is CC(OC(=O)CCc1nc(-c2cccnc2)no1)c1nc2ncc(Br)cc2[nH]1. The first kappa shape index (κ1) is 18.2. The summed E-state index contributed by atoms with van der Waals surface area (Å²) < 4.78 is 11.5. The Hall–Kier alpha value is -3.14. The average molecular weight is 443 g/mol. The van der Waals surface area contributed by atoms with Crippen LogP contribution >= 0.6 is 15.9 Å². The van der Waals surface area contributed by atoms with Gasteiger partial charge < -0.3 is 14.2 Å². The zero-order valence-electron chi connectivity index (χ0n) is 14.8. The molecule has 0 aliphatic carbocycles. The Morgan fingerprint density at radius 2 is 2.25 bits per heavy atom. The van der Waals surface area contributed by atoms with Crippen LogP contribution in [0.25, 0.3) is 22.6 Å². The molecule has 142 valence electrons. The van der Waals surface area contributed by atoms with Crippen molar-refractivity contribution in [1.82, 2.24) is 30.1 Å². The molecule has 0 aliphatic heterocycles. The van der Waals surface area contributed by atoms with Crippen molar-refractivity contribution in [2.75, 3.05) is 0 Å². The maximum atomic E-state index is 12.2. The molecule has 1 unspecified atom stereocenters. The van der Waals surface area contributed by atoms with E-state index in [1.165, 1.54) is 0 Å². The van der Waals surface area contributed by atoms with E-state index in [1.807, 2.05) is 12.1 Å². The Morgan fingerprint density at radius 1 is 1.36 bits per heavy atom. The second-order valence-corrected chi connectivity index (χ2v) is 6.95. The number of imidazole rings is 1. The number of ether oxygens (including phenoxy) is 1. The van der Waals surface area contributed by atoms with Gasteiger partial charge in [0.1, 0.15) is 5.82 Å². The lowest BCUT2D eigenvalue weighted by atomic mass is 10.2. The van der Waals surface area contributed by atoms with Gasteiger partial charge in [-0.15, -0.1) is 0 Å². The van der Waals surface area contributed by atoms with Crippen LogP contribution < -0.4 is 0 Å². The molecule has 4 aromatic rings. The van der Waals surface area contributed by atoms with Gasteiger partial charge in [-0.3, -0.25) is 9.78 Å². The maximum Gasteiger partial charge on any atom is 0.307 e. The van der Waals surface area contributed by atoms with Crippen LogP contribution in [0.2, 0.25) is 0 Å². The molecule has 0 aromatic carbocycles. The topological polar surface area (TPSA) is 120 Å². The maximum absolute atomic E-state index is 12.2. The van der Waals surface area contributed by atoms with Crippen molar-refractivity contribution in [3.8, 4) is 11.4 Å². The molecule has 1 N–H and O–H groups in total. The Morgan fingerprint density at radius 3 is 3.07 bits per heavy atom. The second kappa shape index (κ2) is 7.85. The molecule has 28 heavy (non-hydrogen) atoms. The average Bonchev–Trinajstić information content (AvgIpc) is 3.34. The van der Waals surface area contributed by atoms with Gasteiger partial charge in [0.05, 0.1) is 11.9 Å². The fourth-order valence-corrected chi connectivity index (χ4v) is 2.91. The third kappa shape index (κ3) is 4.06. The van der Waals surface area contributed by atoms with E-state index in [9.17, 15) is 4.79 Å². The Labute approximate surface area is 167 Å². The molecule has 1 atom stereocenters. The molecule has 4 heterocycles. The lowest BCUT2D eigenvalue weighted by molar-refractivity contribution is -0.149. The largest absolute Gasteiger partial charge is 0.454 e. The number of halogens is 1. The highest BCUT2D eigenvalue weighted by molar-refractivity contribution is 9.10. The summed E-state index contributed by atoms with van der Waals surface area (Å²) in [6.07, 6.45) is 4.84. The molecule has 4 rings (SSSR count). The number of aromatic nitrogens is 6. The first-order valence-corrected chi connectivity index (χ1v) is 9.31. The van der Waals surface area contributed by atoms with Gasteiger partial charge in [0, 0.05) is 35.0 Å². The van der Waals surface area contributed by atoms with Gasteiger partial charge in [-0.25, -0.2) is 9.97 Å². The van der Waals surface area contributed by atoms with Crippen LogP contribution in [0.1, 0.15) is 31.2 Å². The molecule has 0 saturated heterocycles. The molecule has 0 bridgehead atoms. The Bertz CT molecular complexity index is 1110. The minimum atomic E-state index is -0.533. The number of pyridine rings is 2. The molecule has 0 spiro atoms. The summed E-state index contributed by atoms with van der Waals surface area (Å²) in [7, 11) is 0. The standard InChI is InChI=1S/C18H15BrN6O3/c1-10(16-22-13-7-12(19)9-21-18(13)24-16)27-15(26)5-4-14-23-17(25-28-14)11-3-2-6-20-8-11/h2-3,6-10H,4-5H2,1H3,(H,21,22,24). The van der Waals surface area contributed by atoms with Gasteiger partial charge in [-0.1, -0.05) is 5.16 Å². The quantitative estimate of drug-likeness (QED) is 0.451. The first-order valence-electron chi connectivity index (χ1n) is 8.52. The van der Waals surface area contributed by atoms with E-state index >= 15 is 0 Å². The minimum absolute atomic E-state index is 0.114. The molecular formula is C18H15BrN6O3. The predicted molar refractivity (Wildman–Crippen MR) is 102 cm³/mol. The van der Waals surface area contributed by atoms with Gasteiger partial charge in [-0.05, 0) is 41.1 Å². The van der Waals surface area contributed by atoms with Crippen LogP contribution in [0.5, 0.6) is 0 Å². The second-order valence-electron chi connectivity index (χ2n) is 6.03. The zero-order valence-corrected chi connectivity index (χ0v) is 16.4. The number of H-pyrrole nitrogens is 1. The van der Waals surface area contributed by atoms with E-state index < -0.39 is 6.10 Å². The van der Waals surface area contributed by atoms with E-state index in [1.54, 1.807) is 31.6 Å². The number of nitrogens with one attached hydrogen (secondary N) is 1. The van der Waals surface area contributed by atoms with E-state index in [0.717, 1.165) is 15.6 Å². The third-order valence-corrected chi connectivity index (χ3v) is 4.38.